The van der Waals surface area contributed by atoms with Crippen molar-refractivity contribution < 1.29 is 4.79 Å². The number of halogens is 3. The summed E-state index contributed by atoms with van der Waals surface area (Å²) in [7, 11) is 0. The van der Waals surface area contributed by atoms with Gasteiger partial charge in [-0.05, 0) is 32.0 Å². The lowest BCUT2D eigenvalue weighted by Crippen LogP contribution is -2.24. The van der Waals surface area contributed by atoms with Crippen molar-refractivity contribution in [3.05, 3.63) is 45.2 Å². The number of hydrogen-bond donors (Lipinski definition) is 1. The topological polar surface area (TPSA) is 46.9 Å². The fraction of sp³-hybridized carbons (Fsp3) is 0.231. The molecular formula is C13H12Cl3N3O. The summed E-state index contributed by atoms with van der Waals surface area (Å²) in [5, 5.41) is 8.28. The molecule has 1 unspecified atom stereocenters. The van der Waals surface area contributed by atoms with Gasteiger partial charge in [-0.25, -0.2) is 0 Å². The van der Waals surface area contributed by atoms with Crippen LogP contribution in [0.3, 0.4) is 0 Å². The lowest BCUT2D eigenvalue weighted by molar-refractivity contribution is -0.119. The maximum Gasteiger partial charge on any atom is 0.248 e. The van der Waals surface area contributed by atoms with Gasteiger partial charge in [-0.2, -0.15) is 5.10 Å². The lowest BCUT2D eigenvalue weighted by Gasteiger charge is -2.13. The van der Waals surface area contributed by atoms with Crippen LogP contribution in [0.5, 0.6) is 0 Å². The smallest absolute Gasteiger partial charge is 0.248 e. The van der Waals surface area contributed by atoms with Crippen molar-refractivity contribution in [2.75, 3.05) is 5.32 Å². The van der Waals surface area contributed by atoms with E-state index in [9.17, 15) is 4.79 Å². The number of carbonyl (C=O) groups excluding carboxylic acids is 1. The second-order valence-electron chi connectivity index (χ2n) is 4.34. The van der Waals surface area contributed by atoms with Gasteiger partial charge in [0.1, 0.15) is 6.04 Å². The van der Waals surface area contributed by atoms with Gasteiger partial charge in [0.25, 0.3) is 0 Å². The standard InChI is InChI=1S/C13H12Cl3N3O/c1-7-12(16)6-19(18-7)8(2)13(20)17-9-3-4-10(14)11(15)5-9/h3-6,8H,1-2H3,(H,17,20). The maximum absolute atomic E-state index is 12.1. The fourth-order valence-corrected chi connectivity index (χ4v) is 2.03. The average Bonchev–Trinajstić information content (AvgIpc) is 2.73. The second kappa shape index (κ2) is 6.04. The van der Waals surface area contributed by atoms with E-state index in [2.05, 4.69) is 10.4 Å². The molecule has 0 bridgehead atoms. The third kappa shape index (κ3) is 3.26. The number of benzene rings is 1. The Bertz CT molecular complexity index is 635. The molecule has 1 aromatic heterocycles. The highest BCUT2D eigenvalue weighted by molar-refractivity contribution is 6.42. The van der Waals surface area contributed by atoms with Gasteiger partial charge in [0.2, 0.25) is 5.91 Å². The molecule has 0 radical (unpaired) electrons. The molecule has 0 aliphatic heterocycles. The van der Waals surface area contributed by atoms with Crippen LogP contribution in [0.25, 0.3) is 0 Å². The van der Waals surface area contributed by atoms with E-state index in [-0.39, 0.29) is 5.91 Å². The van der Waals surface area contributed by atoms with Crippen LogP contribution in [-0.4, -0.2) is 15.7 Å². The molecule has 1 atom stereocenters. The first kappa shape index (κ1) is 15.2. The largest absolute Gasteiger partial charge is 0.324 e. The molecule has 0 aliphatic rings. The number of anilines is 1. The SMILES string of the molecule is Cc1nn(C(C)C(=O)Nc2ccc(Cl)c(Cl)c2)cc1Cl. The van der Waals surface area contributed by atoms with Crippen LogP contribution < -0.4 is 5.32 Å². The number of nitrogens with zero attached hydrogens (tertiary/aromatic N) is 2. The summed E-state index contributed by atoms with van der Waals surface area (Å²) in [6.07, 6.45) is 1.62. The highest BCUT2D eigenvalue weighted by atomic mass is 35.5. The third-order valence-corrected chi connectivity index (χ3v) is 3.93. The first-order valence-electron chi connectivity index (χ1n) is 5.85. The van der Waals surface area contributed by atoms with Gasteiger partial charge in [-0.3, -0.25) is 9.48 Å². The Morgan fingerprint density at radius 2 is 1.95 bits per heavy atom. The zero-order valence-corrected chi connectivity index (χ0v) is 13.1. The summed E-state index contributed by atoms with van der Waals surface area (Å²) < 4.78 is 1.52. The van der Waals surface area contributed by atoms with E-state index in [1.54, 1.807) is 38.2 Å². The number of aromatic nitrogens is 2. The number of rotatable bonds is 3. The van der Waals surface area contributed by atoms with Crippen LogP contribution in [0.15, 0.2) is 24.4 Å². The third-order valence-electron chi connectivity index (χ3n) is 2.82. The van der Waals surface area contributed by atoms with E-state index in [0.29, 0.717) is 26.4 Å². The van der Waals surface area contributed by atoms with Crippen LogP contribution >= 0.6 is 34.8 Å². The minimum Gasteiger partial charge on any atom is -0.324 e. The quantitative estimate of drug-likeness (QED) is 0.908. The van der Waals surface area contributed by atoms with Crippen LogP contribution in [0, 0.1) is 6.92 Å². The van der Waals surface area contributed by atoms with Gasteiger partial charge in [0.15, 0.2) is 0 Å². The highest BCUT2D eigenvalue weighted by Crippen LogP contribution is 2.25. The Hall–Kier alpha value is -1.23. The van der Waals surface area contributed by atoms with E-state index >= 15 is 0 Å². The minimum atomic E-state index is -0.490. The Kier molecular flexibility index (Phi) is 4.58. The molecule has 2 rings (SSSR count). The average molecular weight is 333 g/mol. The zero-order valence-electron chi connectivity index (χ0n) is 10.8. The van der Waals surface area contributed by atoms with E-state index in [1.807, 2.05) is 0 Å². The molecule has 2 aromatic rings. The van der Waals surface area contributed by atoms with Crippen molar-refractivity contribution in [2.24, 2.45) is 0 Å². The van der Waals surface area contributed by atoms with Crippen molar-refractivity contribution in [2.45, 2.75) is 19.9 Å². The Labute approximate surface area is 131 Å². The molecule has 1 amide bonds. The van der Waals surface area contributed by atoms with E-state index in [1.165, 1.54) is 4.68 Å². The Balaban J connectivity index is 2.13. The summed E-state index contributed by atoms with van der Waals surface area (Å²) in [6.45, 7) is 3.51. The van der Waals surface area contributed by atoms with E-state index < -0.39 is 6.04 Å². The summed E-state index contributed by atoms with van der Waals surface area (Å²) in [5.41, 5.74) is 1.26. The Morgan fingerprint density at radius 3 is 2.50 bits per heavy atom. The molecule has 0 saturated carbocycles. The molecule has 0 aliphatic carbocycles. The molecule has 0 spiro atoms. The molecule has 1 N–H and O–H groups in total. The summed E-state index contributed by atoms with van der Waals surface area (Å²) in [5.74, 6) is -0.220. The predicted molar refractivity (Wildman–Crippen MR) is 81.8 cm³/mol. The van der Waals surface area contributed by atoms with E-state index in [4.69, 9.17) is 34.8 Å². The van der Waals surface area contributed by atoms with Crippen LogP contribution in [-0.2, 0) is 4.79 Å². The molecular weight excluding hydrogens is 321 g/mol. The summed E-state index contributed by atoms with van der Waals surface area (Å²) in [6, 6.07) is 4.41. The second-order valence-corrected chi connectivity index (χ2v) is 5.56. The van der Waals surface area contributed by atoms with Crippen molar-refractivity contribution in [3.8, 4) is 0 Å². The summed E-state index contributed by atoms with van der Waals surface area (Å²) >= 11 is 17.7. The molecule has 4 nitrogen and oxygen atoms in total. The van der Waals surface area contributed by atoms with E-state index in [0.717, 1.165) is 0 Å². The van der Waals surface area contributed by atoms with Crippen molar-refractivity contribution in [1.29, 1.82) is 0 Å². The van der Waals surface area contributed by atoms with Gasteiger partial charge in [0.05, 0.1) is 20.8 Å². The zero-order chi connectivity index (χ0) is 14.9. The monoisotopic (exact) mass is 331 g/mol. The number of hydrogen-bond acceptors (Lipinski definition) is 2. The first-order chi connectivity index (χ1) is 9.38. The highest BCUT2D eigenvalue weighted by Gasteiger charge is 2.17. The molecule has 20 heavy (non-hydrogen) atoms. The van der Waals surface area contributed by atoms with Gasteiger partial charge >= 0.3 is 0 Å². The predicted octanol–water partition coefficient (Wildman–Crippen LogP) is 4.35. The molecule has 1 heterocycles. The Morgan fingerprint density at radius 1 is 1.25 bits per heavy atom. The molecule has 0 saturated heterocycles. The molecule has 1 aromatic carbocycles. The maximum atomic E-state index is 12.1. The minimum absolute atomic E-state index is 0.220. The first-order valence-corrected chi connectivity index (χ1v) is 6.99. The van der Waals surface area contributed by atoms with Crippen molar-refractivity contribution in [1.82, 2.24) is 9.78 Å². The normalized spacial score (nSPS) is 12.2. The summed E-state index contributed by atoms with van der Waals surface area (Å²) in [4.78, 5) is 12.1. The van der Waals surface area contributed by atoms with Crippen molar-refractivity contribution in [3.63, 3.8) is 0 Å². The molecule has 106 valence electrons. The fourth-order valence-electron chi connectivity index (χ4n) is 1.60. The van der Waals surface area contributed by atoms with Gasteiger partial charge in [-0.1, -0.05) is 34.8 Å². The van der Waals surface area contributed by atoms with Gasteiger partial charge in [0, 0.05) is 11.9 Å². The van der Waals surface area contributed by atoms with Crippen LogP contribution in [0.2, 0.25) is 15.1 Å². The van der Waals surface area contributed by atoms with Crippen LogP contribution in [0.1, 0.15) is 18.7 Å². The molecule has 0 fully saturated rings. The number of amides is 1. The number of carbonyl (C=O) groups is 1. The van der Waals surface area contributed by atoms with Crippen LogP contribution in [0.4, 0.5) is 5.69 Å². The number of nitrogens with one attached hydrogen (secondary N) is 1. The van der Waals surface area contributed by atoms with Gasteiger partial charge < -0.3 is 5.32 Å². The van der Waals surface area contributed by atoms with Crippen molar-refractivity contribution >= 4 is 46.4 Å². The lowest BCUT2D eigenvalue weighted by atomic mass is 10.2. The van der Waals surface area contributed by atoms with Gasteiger partial charge in [-0.15, -0.1) is 0 Å². The molecule has 7 heteroatoms. The number of aryl methyl sites for hydroxylation is 1.